The summed E-state index contributed by atoms with van der Waals surface area (Å²) in [4.78, 5) is 23.9. The molecule has 29 heavy (non-hydrogen) atoms. The summed E-state index contributed by atoms with van der Waals surface area (Å²) < 4.78 is 6.55. The number of aromatic nitrogens is 2. The fourth-order valence-corrected chi connectivity index (χ4v) is 4.03. The van der Waals surface area contributed by atoms with E-state index in [0.29, 0.717) is 24.7 Å². The number of amides is 1. The van der Waals surface area contributed by atoms with Gasteiger partial charge in [0.05, 0.1) is 29.8 Å². The molecule has 0 spiro atoms. The maximum absolute atomic E-state index is 13.2. The molecule has 146 valence electrons. The molecular formula is C23H21N3O2S. The molecule has 4 rings (SSSR count). The summed E-state index contributed by atoms with van der Waals surface area (Å²) in [5.41, 5.74) is 2.81. The summed E-state index contributed by atoms with van der Waals surface area (Å²) in [5, 5.41) is 0.700. The van der Waals surface area contributed by atoms with Crippen molar-refractivity contribution in [2.24, 2.45) is 0 Å². The molecule has 2 heterocycles. The molecule has 0 aliphatic heterocycles. The van der Waals surface area contributed by atoms with Gasteiger partial charge in [0.1, 0.15) is 5.75 Å². The molecule has 0 saturated heterocycles. The molecule has 0 atom stereocenters. The Morgan fingerprint density at radius 1 is 1.03 bits per heavy atom. The number of hydrogen-bond acceptors (Lipinski definition) is 5. The molecule has 5 nitrogen and oxygen atoms in total. The highest BCUT2D eigenvalue weighted by Crippen LogP contribution is 2.30. The molecule has 0 fully saturated rings. The van der Waals surface area contributed by atoms with E-state index in [0.717, 1.165) is 27.1 Å². The van der Waals surface area contributed by atoms with Gasteiger partial charge in [-0.3, -0.25) is 14.7 Å². The third-order valence-electron chi connectivity index (χ3n) is 4.47. The quantitative estimate of drug-likeness (QED) is 0.442. The lowest BCUT2D eigenvalue weighted by atomic mass is 10.1. The van der Waals surface area contributed by atoms with Crippen LogP contribution in [-0.2, 0) is 17.8 Å². The Morgan fingerprint density at radius 3 is 2.59 bits per heavy atom. The second-order valence-corrected chi connectivity index (χ2v) is 7.57. The van der Waals surface area contributed by atoms with Gasteiger partial charge in [-0.2, -0.15) is 0 Å². The van der Waals surface area contributed by atoms with Crippen LogP contribution < -0.4 is 9.64 Å². The van der Waals surface area contributed by atoms with Gasteiger partial charge < -0.3 is 4.74 Å². The van der Waals surface area contributed by atoms with Gasteiger partial charge in [-0.1, -0.05) is 41.7 Å². The maximum atomic E-state index is 13.2. The number of carbonyl (C=O) groups excluding carboxylic acids is 1. The second kappa shape index (κ2) is 8.84. The molecule has 0 aliphatic rings. The zero-order valence-corrected chi connectivity index (χ0v) is 16.9. The van der Waals surface area contributed by atoms with Crippen LogP contribution in [-0.4, -0.2) is 22.5 Å². The minimum Gasteiger partial charge on any atom is -0.494 e. The SMILES string of the molecule is CCOc1ccc(CC(=O)N(Cc2cccnc2)c2nc3ccccc3s2)cc1. The number of benzene rings is 2. The first kappa shape index (κ1) is 19.1. The van der Waals surface area contributed by atoms with E-state index in [-0.39, 0.29) is 5.91 Å². The van der Waals surface area contributed by atoms with Gasteiger partial charge in [-0.15, -0.1) is 0 Å². The van der Waals surface area contributed by atoms with E-state index < -0.39 is 0 Å². The van der Waals surface area contributed by atoms with E-state index in [4.69, 9.17) is 9.72 Å². The average molecular weight is 404 g/mol. The Morgan fingerprint density at radius 2 is 1.86 bits per heavy atom. The number of thiazole rings is 1. The molecular weight excluding hydrogens is 382 g/mol. The molecule has 0 radical (unpaired) electrons. The predicted molar refractivity (Wildman–Crippen MR) is 116 cm³/mol. The summed E-state index contributed by atoms with van der Waals surface area (Å²) in [7, 11) is 0. The summed E-state index contributed by atoms with van der Waals surface area (Å²) in [6, 6.07) is 19.4. The van der Waals surface area contributed by atoms with Crippen LogP contribution in [0.2, 0.25) is 0 Å². The van der Waals surface area contributed by atoms with Gasteiger partial charge in [-0.25, -0.2) is 4.98 Å². The van der Waals surface area contributed by atoms with Crippen molar-refractivity contribution in [1.82, 2.24) is 9.97 Å². The first-order chi connectivity index (χ1) is 14.2. The number of ether oxygens (including phenoxy) is 1. The monoisotopic (exact) mass is 403 g/mol. The van der Waals surface area contributed by atoms with Crippen molar-refractivity contribution in [3.63, 3.8) is 0 Å². The van der Waals surface area contributed by atoms with Gasteiger partial charge in [0.15, 0.2) is 5.13 Å². The van der Waals surface area contributed by atoms with Gasteiger partial charge in [0, 0.05) is 12.4 Å². The lowest BCUT2D eigenvalue weighted by Crippen LogP contribution is -2.31. The van der Waals surface area contributed by atoms with Gasteiger partial charge in [0.25, 0.3) is 0 Å². The number of rotatable bonds is 7. The lowest BCUT2D eigenvalue weighted by Gasteiger charge is -2.20. The Kier molecular flexibility index (Phi) is 5.81. The van der Waals surface area contributed by atoms with E-state index in [1.165, 1.54) is 11.3 Å². The minimum atomic E-state index is -0.00271. The smallest absolute Gasteiger partial charge is 0.233 e. The number of anilines is 1. The molecule has 0 bridgehead atoms. The number of carbonyl (C=O) groups is 1. The molecule has 1 amide bonds. The highest BCUT2D eigenvalue weighted by molar-refractivity contribution is 7.22. The number of nitrogens with zero attached hydrogens (tertiary/aromatic N) is 3. The molecule has 2 aromatic heterocycles. The van der Waals surface area contributed by atoms with E-state index >= 15 is 0 Å². The highest BCUT2D eigenvalue weighted by atomic mass is 32.1. The van der Waals surface area contributed by atoms with Gasteiger partial charge in [-0.05, 0) is 48.4 Å². The normalized spacial score (nSPS) is 10.8. The summed E-state index contributed by atoms with van der Waals surface area (Å²) in [6.45, 7) is 3.00. The van der Waals surface area contributed by atoms with Crippen molar-refractivity contribution in [2.45, 2.75) is 19.9 Å². The Hall–Kier alpha value is -3.25. The van der Waals surface area contributed by atoms with Crippen LogP contribution in [0.3, 0.4) is 0 Å². The van der Waals surface area contributed by atoms with Crippen LogP contribution in [0, 0.1) is 0 Å². The van der Waals surface area contributed by atoms with Crippen molar-refractivity contribution in [3.05, 3.63) is 84.2 Å². The number of hydrogen-bond donors (Lipinski definition) is 0. The number of pyridine rings is 1. The molecule has 0 N–H and O–H groups in total. The van der Waals surface area contributed by atoms with Crippen molar-refractivity contribution >= 4 is 32.6 Å². The topological polar surface area (TPSA) is 55.3 Å². The maximum Gasteiger partial charge on any atom is 0.233 e. The second-order valence-electron chi connectivity index (χ2n) is 6.56. The van der Waals surface area contributed by atoms with Crippen molar-refractivity contribution in [3.8, 4) is 5.75 Å². The highest BCUT2D eigenvalue weighted by Gasteiger charge is 2.20. The summed E-state index contributed by atoms with van der Waals surface area (Å²) in [5.74, 6) is 0.805. The van der Waals surface area contributed by atoms with Crippen LogP contribution in [0.5, 0.6) is 5.75 Å². The Balaban J connectivity index is 1.61. The molecule has 0 aliphatic carbocycles. The summed E-state index contributed by atoms with van der Waals surface area (Å²) in [6.07, 6.45) is 3.81. The van der Waals surface area contributed by atoms with Crippen molar-refractivity contribution < 1.29 is 9.53 Å². The first-order valence-electron chi connectivity index (χ1n) is 9.49. The number of para-hydroxylation sites is 1. The lowest BCUT2D eigenvalue weighted by molar-refractivity contribution is -0.118. The largest absolute Gasteiger partial charge is 0.494 e. The fraction of sp³-hybridized carbons (Fsp3) is 0.174. The van der Waals surface area contributed by atoms with E-state index in [1.807, 2.05) is 67.6 Å². The van der Waals surface area contributed by atoms with E-state index in [9.17, 15) is 4.79 Å². The zero-order valence-electron chi connectivity index (χ0n) is 16.1. The van der Waals surface area contributed by atoms with Gasteiger partial charge in [0.2, 0.25) is 5.91 Å². The summed E-state index contributed by atoms with van der Waals surface area (Å²) >= 11 is 1.53. The van der Waals surface area contributed by atoms with Crippen LogP contribution in [0.15, 0.2) is 73.1 Å². The third kappa shape index (κ3) is 4.60. The van der Waals surface area contributed by atoms with Crippen LogP contribution in [0.25, 0.3) is 10.2 Å². The van der Waals surface area contributed by atoms with Crippen molar-refractivity contribution in [1.29, 1.82) is 0 Å². The molecule has 4 aromatic rings. The van der Waals surface area contributed by atoms with Crippen molar-refractivity contribution in [2.75, 3.05) is 11.5 Å². The molecule has 2 aromatic carbocycles. The van der Waals surface area contributed by atoms with Gasteiger partial charge >= 0.3 is 0 Å². The first-order valence-corrected chi connectivity index (χ1v) is 10.3. The Bertz CT molecular complexity index is 1060. The van der Waals surface area contributed by atoms with E-state index in [1.54, 1.807) is 17.3 Å². The third-order valence-corrected chi connectivity index (χ3v) is 5.53. The molecule has 0 saturated carbocycles. The zero-order chi connectivity index (χ0) is 20.1. The predicted octanol–water partition coefficient (Wildman–Crippen LogP) is 4.87. The molecule has 0 unspecified atom stereocenters. The van der Waals surface area contributed by atoms with Crippen LogP contribution in [0.1, 0.15) is 18.1 Å². The number of fused-ring (bicyclic) bond motifs is 1. The fourth-order valence-electron chi connectivity index (χ4n) is 3.05. The van der Waals surface area contributed by atoms with Crippen LogP contribution in [0.4, 0.5) is 5.13 Å². The molecule has 6 heteroatoms. The standard InChI is InChI=1S/C23H21N3O2S/c1-2-28-19-11-9-17(10-12-19)14-22(27)26(16-18-6-5-13-24-15-18)23-25-20-7-3-4-8-21(20)29-23/h3-13,15H,2,14,16H2,1H3. The van der Waals surface area contributed by atoms with Crippen LogP contribution >= 0.6 is 11.3 Å². The average Bonchev–Trinajstić information content (AvgIpc) is 3.18. The minimum absolute atomic E-state index is 0.00271. The van der Waals surface area contributed by atoms with E-state index in [2.05, 4.69) is 4.98 Å². The Labute approximate surface area is 173 Å².